The van der Waals surface area contributed by atoms with Crippen LogP contribution in [0.25, 0.3) is 0 Å². The second-order valence-corrected chi connectivity index (χ2v) is 7.01. The molecule has 138 valence electrons. The summed E-state index contributed by atoms with van der Waals surface area (Å²) in [5, 5.41) is 15.8. The third kappa shape index (κ3) is 6.69. The Hall–Kier alpha value is -2.66. The number of hydrogen-bond acceptors (Lipinski definition) is 8. The Balaban J connectivity index is 1.79. The first-order chi connectivity index (χ1) is 12.5. The van der Waals surface area contributed by atoms with Gasteiger partial charge >= 0.3 is 6.09 Å². The number of aromatic nitrogens is 2. The molecule has 0 aliphatic rings. The molecule has 26 heavy (non-hydrogen) atoms. The van der Waals surface area contributed by atoms with Gasteiger partial charge < -0.3 is 15.4 Å². The van der Waals surface area contributed by atoms with Gasteiger partial charge in [0.25, 0.3) is 0 Å². The number of benzene rings is 1. The van der Waals surface area contributed by atoms with Crippen LogP contribution >= 0.6 is 23.1 Å². The Morgan fingerprint density at radius 2 is 1.73 bits per heavy atom. The van der Waals surface area contributed by atoms with Crippen LogP contribution in [0.4, 0.5) is 21.3 Å². The second-order valence-electron chi connectivity index (χ2n) is 4.81. The van der Waals surface area contributed by atoms with Crippen molar-refractivity contribution in [2.75, 3.05) is 28.3 Å². The van der Waals surface area contributed by atoms with E-state index < -0.39 is 6.09 Å². The second kappa shape index (κ2) is 9.73. The van der Waals surface area contributed by atoms with E-state index >= 15 is 0 Å². The first-order valence-electron chi connectivity index (χ1n) is 7.54. The monoisotopic (exact) mass is 395 g/mol. The molecule has 1 heterocycles. The molecule has 0 spiro atoms. The smallest absolute Gasteiger partial charge is 0.413 e. The Morgan fingerprint density at radius 1 is 1.08 bits per heavy atom. The molecule has 3 amide bonds. The highest BCUT2D eigenvalue weighted by molar-refractivity contribution is 8.01. The van der Waals surface area contributed by atoms with Crippen LogP contribution in [-0.4, -0.2) is 40.5 Å². The number of nitrogens with one attached hydrogen (secondary N) is 3. The summed E-state index contributed by atoms with van der Waals surface area (Å²) in [7, 11) is 0. The van der Waals surface area contributed by atoms with Gasteiger partial charge in [-0.1, -0.05) is 23.1 Å². The fourth-order valence-corrected chi connectivity index (χ4v) is 3.28. The molecule has 0 aliphatic carbocycles. The molecule has 1 aromatic carbocycles. The summed E-state index contributed by atoms with van der Waals surface area (Å²) in [6.07, 6.45) is -0.597. The molecule has 0 saturated heterocycles. The highest BCUT2D eigenvalue weighted by Gasteiger charge is 2.11. The number of carbonyl (C=O) groups excluding carboxylic acids is 3. The maximum Gasteiger partial charge on any atom is 0.413 e. The fourth-order valence-electron chi connectivity index (χ4n) is 1.74. The molecule has 2 aromatic rings. The van der Waals surface area contributed by atoms with Crippen LogP contribution in [0.5, 0.6) is 0 Å². The lowest BCUT2D eigenvalue weighted by molar-refractivity contribution is -0.114. The molecule has 9 nitrogen and oxygen atoms in total. The van der Waals surface area contributed by atoms with Crippen LogP contribution in [0.3, 0.4) is 0 Å². The van der Waals surface area contributed by atoms with E-state index in [0.29, 0.717) is 20.8 Å². The van der Waals surface area contributed by atoms with Gasteiger partial charge in [-0.25, -0.2) is 4.79 Å². The lowest BCUT2D eigenvalue weighted by Crippen LogP contribution is -2.14. The van der Waals surface area contributed by atoms with E-state index in [4.69, 9.17) is 4.74 Å². The Labute approximate surface area is 157 Å². The molecular weight excluding hydrogens is 378 g/mol. The number of thioether (sulfide) groups is 1. The minimum absolute atomic E-state index is 0.140. The van der Waals surface area contributed by atoms with E-state index in [-0.39, 0.29) is 24.2 Å². The number of rotatable bonds is 7. The average molecular weight is 395 g/mol. The van der Waals surface area contributed by atoms with Gasteiger partial charge in [0.15, 0.2) is 4.34 Å². The van der Waals surface area contributed by atoms with Gasteiger partial charge in [0.1, 0.15) is 0 Å². The third-order valence-electron chi connectivity index (χ3n) is 2.71. The highest BCUT2D eigenvalue weighted by Crippen LogP contribution is 2.25. The molecule has 11 heteroatoms. The molecule has 1 aromatic heterocycles. The largest absolute Gasteiger partial charge is 0.450 e. The fraction of sp³-hybridized carbons (Fsp3) is 0.267. The van der Waals surface area contributed by atoms with Crippen molar-refractivity contribution in [1.82, 2.24) is 10.2 Å². The molecule has 0 saturated carbocycles. The maximum atomic E-state index is 12.0. The lowest BCUT2D eigenvalue weighted by Gasteiger charge is -2.06. The first kappa shape index (κ1) is 19.7. The van der Waals surface area contributed by atoms with Crippen molar-refractivity contribution < 1.29 is 19.1 Å². The molecule has 0 bridgehead atoms. The molecule has 0 unspecified atom stereocenters. The van der Waals surface area contributed by atoms with Gasteiger partial charge in [0, 0.05) is 18.3 Å². The minimum atomic E-state index is -0.597. The predicted octanol–water partition coefficient (Wildman–Crippen LogP) is 2.80. The van der Waals surface area contributed by atoms with Crippen molar-refractivity contribution in [3.63, 3.8) is 0 Å². The molecule has 3 N–H and O–H groups in total. The Kier molecular flexibility index (Phi) is 7.36. The minimum Gasteiger partial charge on any atom is -0.450 e. The van der Waals surface area contributed by atoms with Crippen molar-refractivity contribution in [1.29, 1.82) is 0 Å². The van der Waals surface area contributed by atoms with E-state index in [1.165, 1.54) is 18.7 Å². The summed E-state index contributed by atoms with van der Waals surface area (Å²) in [6, 6.07) is 6.78. The first-order valence-corrected chi connectivity index (χ1v) is 9.34. The topological polar surface area (TPSA) is 122 Å². The van der Waals surface area contributed by atoms with Crippen molar-refractivity contribution in [3.05, 3.63) is 24.3 Å². The summed E-state index contributed by atoms with van der Waals surface area (Å²) in [6.45, 7) is 3.39. The zero-order valence-electron chi connectivity index (χ0n) is 14.1. The van der Waals surface area contributed by atoms with Crippen LogP contribution < -0.4 is 16.0 Å². The summed E-state index contributed by atoms with van der Waals surface area (Å²) in [5.74, 6) is -0.231. The summed E-state index contributed by atoms with van der Waals surface area (Å²) < 4.78 is 5.29. The normalized spacial score (nSPS) is 10.1. The molecule has 0 fully saturated rings. The third-order valence-corrected chi connectivity index (χ3v) is 4.68. The van der Waals surface area contributed by atoms with E-state index in [0.717, 1.165) is 11.3 Å². The van der Waals surface area contributed by atoms with Gasteiger partial charge in [-0.2, -0.15) is 0 Å². The van der Waals surface area contributed by atoms with Gasteiger partial charge in [-0.05, 0) is 31.2 Å². The predicted molar refractivity (Wildman–Crippen MR) is 101 cm³/mol. The SMILES string of the molecule is CCOC(=O)Nc1nnc(SCC(=O)Nc2ccc(NC(C)=O)cc2)s1. The highest BCUT2D eigenvalue weighted by atomic mass is 32.2. The number of anilines is 3. The average Bonchev–Trinajstić information content (AvgIpc) is 3.02. The number of amides is 3. The zero-order valence-corrected chi connectivity index (χ0v) is 15.7. The molecular formula is C15H17N5O4S2. The van der Waals surface area contributed by atoms with E-state index in [1.54, 1.807) is 31.2 Å². The van der Waals surface area contributed by atoms with Crippen LogP contribution in [0.15, 0.2) is 28.6 Å². The van der Waals surface area contributed by atoms with Crippen LogP contribution in [0.2, 0.25) is 0 Å². The van der Waals surface area contributed by atoms with E-state index in [1.807, 2.05) is 0 Å². The van der Waals surface area contributed by atoms with Crippen LogP contribution in [-0.2, 0) is 14.3 Å². The van der Waals surface area contributed by atoms with Crippen molar-refractivity contribution in [3.8, 4) is 0 Å². The number of carbonyl (C=O) groups is 3. The molecule has 0 atom stereocenters. The maximum absolute atomic E-state index is 12.0. The molecule has 0 aliphatic heterocycles. The van der Waals surface area contributed by atoms with E-state index in [2.05, 4.69) is 26.1 Å². The summed E-state index contributed by atoms with van der Waals surface area (Å²) >= 11 is 2.36. The van der Waals surface area contributed by atoms with Crippen LogP contribution in [0, 0.1) is 0 Å². The molecule has 0 radical (unpaired) electrons. The van der Waals surface area contributed by atoms with Crippen molar-refractivity contribution in [2.24, 2.45) is 0 Å². The number of ether oxygens (including phenoxy) is 1. The van der Waals surface area contributed by atoms with Gasteiger partial charge in [-0.15, -0.1) is 10.2 Å². The van der Waals surface area contributed by atoms with Crippen molar-refractivity contribution >= 4 is 57.5 Å². The molecule has 2 rings (SSSR count). The van der Waals surface area contributed by atoms with Crippen LogP contribution in [0.1, 0.15) is 13.8 Å². The summed E-state index contributed by atoms with van der Waals surface area (Å²) in [4.78, 5) is 34.2. The Bertz CT molecular complexity index is 779. The quantitative estimate of drug-likeness (QED) is 0.487. The lowest BCUT2D eigenvalue weighted by atomic mass is 10.3. The summed E-state index contributed by atoms with van der Waals surface area (Å²) in [5.41, 5.74) is 1.27. The zero-order chi connectivity index (χ0) is 18.9. The van der Waals surface area contributed by atoms with Gasteiger partial charge in [-0.3, -0.25) is 14.9 Å². The van der Waals surface area contributed by atoms with Crippen molar-refractivity contribution in [2.45, 2.75) is 18.2 Å². The van der Waals surface area contributed by atoms with Gasteiger partial charge in [0.2, 0.25) is 16.9 Å². The standard InChI is InChI=1S/C15H17N5O4S2/c1-3-24-14(23)18-13-19-20-15(26-13)25-8-12(22)17-11-6-4-10(5-7-11)16-9(2)21/h4-7H,3,8H2,1-2H3,(H,16,21)(H,17,22)(H,18,19,23). The van der Waals surface area contributed by atoms with Gasteiger partial charge in [0.05, 0.1) is 12.4 Å². The van der Waals surface area contributed by atoms with E-state index in [9.17, 15) is 14.4 Å². The Morgan fingerprint density at radius 3 is 2.35 bits per heavy atom. The number of nitrogens with zero attached hydrogens (tertiary/aromatic N) is 2. The number of hydrogen-bond donors (Lipinski definition) is 3.